The minimum Gasteiger partial charge on any atom is -0.468 e. The molecule has 0 bridgehead atoms. The van der Waals surface area contributed by atoms with Crippen molar-refractivity contribution in [3.8, 4) is 0 Å². The van der Waals surface area contributed by atoms with Crippen molar-refractivity contribution in [2.24, 2.45) is 0 Å². The van der Waals surface area contributed by atoms with Crippen LogP contribution >= 0.6 is 0 Å². The zero-order valence-corrected chi connectivity index (χ0v) is 8.78. The lowest BCUT2D eigenvalue weighted by atomic mass is 10.4. The van der Waals surface area contributed by atoms with Gasteiger partial charge in [0.1, 0.15) is 5.76 Å². The number of nitrogens with one attached hydrogen (secondary N) is 2. The first kappa shape index (κ1) is 10.1. The molecule has 2 heterocycles. The summed E-state index contributed by atoms with van der Waals surface area (Å²) >= 11 is 0. The van der Waals surface area contributed by atoms with Gasteiger partial charge >= 0.3 is 0 Å². The average Bonchev–Trinajstić information content (AvgIpc) is 2.88. The lowest BCUT2D eigenvalue weighted by molar-refractivity contribution is 0.377. The Morgan fingerprint density at radius 2 is 2.53 bits per heavy atom. The van der Waals surface area contributed by atoms with Crippen LogP contribution in [0.5, 0.6) is 0 Å². The van der Waals surface area contributed by atoms with Crippen LogP contribution < -0.4 is 10.6 Å². The van der Waals surface area contributed by atoms with Crippen molar-refractivity contribution in [1.29, 1.82) is 0 Å². The Labute approximate surface area is 89.9 Å². The zero-order chi connectivity index (χ0) is 10.3. The smallest absolute Gasteiger partial charge is 0.117 e. The summed E-state index contributed by atoms with van der Waals surface area (Å²) in [6.07, 6.45) is 6.92. The van der Waals surface area contributed by atoms with Gasteiger partial charge in [-0.1, -0.05) is 0 Å². The van der Waals surface area contributed by atoms with Gasteiger partial charge in [-0.25, -0.2) is 0 Å². The molecule has 0 fully saturated rings. The Morgan fingerprint density at radius 3 is 3.27 bits per heavy atom. The predicted octanol–water partition coefficient (Wildman–Crippen LogP) is 1.09. The molecule has 0 aliphatic carbocycles. The number of hydrogen-bond acceptors (Lipinski definition) is 4. The van der Waals surface area contributed by atoms with E-state index in [4.69, 9.17) is 4.42 Å². The highest BCUT2D eigenvalue weighted by Crippen LogP contribution is 1.99. The van der Waals surface area contributed by atoms with E-state index in [1.54, 1.807) is 6.26 Å². The van der Waals surface area contributed by atoms with Crippen LogP contribution in [0.25, 0.3) is 0 Å². The molecule has 0 spiro atoms. The van der Waals surface area contributed by atoms with E-state index in [2.05, 4.69) is 21.7 Å². The van der Waals surface area contributed by atoms with Gasteiger partial charge in [-0.2, -0.15) is 0 Å². The molecule has 1 aromatic rings. The Bertz CT molecular complexity index is 295. The van der Waals surface area contributed by atoms with Gasteiger partial charge in [-0.3, -0.25) is 0 Å². The lowest BCUT2D eigenvalue weighted by Gasteiger charge is -2.14. The van der Waals surface area contributed by atoms with Gasteiger partial charge in [0.25, 0.3) is 0 Å². The summed E-state index contributed by atoms with van der Waals surface area (Å²) in [5.74, 6) is 0.998. The predicted molar refractivity (Wildman–Crippen MR) is 58.9 cm³/mol. The third-order valence-electron chi connectivity index (χ3n) is 2.38. The topological polar surface area (TPSA) is 40.4 Å². The van der Waals surface area contributed by atoms with E-state index in [-0.39, 0.29) is 0 Å². The van der Waals surface area contributed by atoms with Crippen molar-refractivity contribution in [3.05, 3.63) is 36.6 Å². The maximum Gasteiger partial charge on any atom is 0.117 e. The molecule has 0 unspecified atom stereocenters. The molecular weight excluding hydrogens is 190 g/mol. The minimum absolute atomic E-state index is 0.821. The fraction of sp³-hybridized carbons (Fsp3) is 0.455. The SMILES string of the molecule is C1=CN(CCCNCc2ccco2)CN1. The summed E-state index contributed by atoms with van der Waals surface area (Å²) in [4.78, 5) is 2.26. The van der Waals surface area contributed by atoms with Crippen molar-refractivity contribution in [2.45, 2.75) is 13.0 Å². The molecule has 82 valence electrons. The first-order chi connectivity index (χ1) is 7.45. The Balaban J connectivity index is 1.50. The molecule has 0 saturated heterocycles. The van der Waals surface area contributed by atoms with E-state index in [0.29, 0.717) is 0 Å². The van der Waals surface area contributed by atoms with Gasteiger partial charge in [-0.05, 0) is 25.1 Å². The van der Waals surface area contributed by atoms with Crippen LogP contribution in [0, 0.1) is 0 Å². The van der Waals surface area contributed by atoms with Crippen molar-refractivity contribution in [1.82, 2.24) is 15.5 Å². The summed E-state index contributed by atoms with van der Waals surface area (Å²) in [7, 11) is 0. The summed E-state index contributed by atoms with van der Waals surface area (Å²) in [6.45, 7) is 3.87. The van der Waals surface area contributed by atoms with Crippen LogP contribution in [0.3, 0.4) is 0 Å². The van der Waals surface area contributed by atoms with Crippen molar-refractivity contribution >= 4 is 0 Å². The molecule has 0 amide bonds. The third-order valence-corrected chi connectivity index (χ3v) is 2.38. The van der Waals surface area contributed by atoms with E-state index in [1.165, 1.54) is 0 Å². The molecule has 0 aromatic carbocycles. The first-order valence-corrected chi connectivity index (χ1v) is 5.32. The van der Waals surface area contributed by atoms with Crippen LogP contribution in [-0.2, 0) is 6.54 Å². The molecule has 1 aliphatic rings. The average molecular weight is 207 g/mol. The highest BCUT2D eigenvalue weighted by atomic mass is 16.3. The number of rotatable bonds is 6. The van der Waals surface area contributed by atoms with Gasteiger partial charge in [0.15, 0.2) is 0 Å². The molecule has 0 saturated carbocycles. The second-order valence-electron chi connectivity index (χ2n) is 3.60. The van der Waals surface area contributed by atoms with Crippen LogP contribution in [0.2, 0.25) is 0 Å². The van der Waals surface area contributed by atoms with Gasteiger partial charge in [0.05, 0.1) is 19.5 Å². The zero-order valence-electron chi connectivity index (χ0n) is 8.78. The van der Waals surface area contributed by atoms with Gasteiger partial charge in [0.2, 0.25) is 0 Å². The maximum absolute atomic E-state index is 5.22. The molecule has 2 rings (SSSR count). The van der Waals surface area contributed by atoms with Crippen molar-refractivity contribution in [2.75, 3.05) is 19.8 Å². The van der Waals surface area contributed by atoms with E-state index < -0.39 is 0 Å². The molecule has 4 nitrogen and oxygen atoms in total. The Kier molecular flexibility index (Phi) is 3.68. The molecule has 15 heavy (non-hydrogen) atoms. The van der Waals surface area contributed by atoms with Crippen LogP contribution in [0.15, 0.2) is 35.2 Å². The van der Waals surface area contributed by atoms with Crippen molar-refractivity contribution < 1.29 is 4.42 Å². The van der Waals surface area contributed by atoms with Crippen molar-refractivity contribution in [3.63, 3.8) is 0 Å². The fourth-order valence-electron chi connectivity index (χ4n) is 1.57. The number of nitrogens with zero attached hydrogens (tertiary/aromatic N) is 1. The van der Waals surface area contributed by atoms with Crippen LogP contribution in [0.1, 0.15) is 12.2 Å². The molecule has 4 heteroatoms. The summed E-state index contributed by atoms with van der Waals surface area (Å²) in [5.41, 5.74) is 0. The summed E-state index contributed by atoms with van der Waals surface area (Å²) in [5, 5.41) is 6.49. The minimum atomic E-state index is 0.821. The highest BCUT2D eigenvalue weighted by Gasteiger charge is 2.01. The van der Waals surface area contributed by atoms with Gasteiger partial charge in [0, 0.05) is 18.9 Å². The summed E-state index contributed by atoms with van der Waals surface area (Å²) in [6, 6.07) is 3.90. The largest absolute Gasteiger partial charge is 0.468 e. The molecule has 0 atom stereocenters. The fourth-order valence-corrected chi connectivity index (χ4v) is 1.57. The molecule has 0 radical (unpaired) electrons. The van der Waals surface area contributed by atoms with Crippen LogP contribution in [-0.4, -0.2) is 24.7 Å². The van der Waals surface area contributed by atoms with E-state index >= 15 is 0 Å². The monoisotopic (exact) mass is 207 g/mol. The second kappa shape index (κ2) is 5.46. The Hall–Kier alpha value is -1.42. The van der Waals surface area contributed by atoms with E-state index in [0.717, 1.165) is 38.5 Å². The highest BCUT2D eigenvalue weighted by molar-refractivity contribution is 4.97. The van der Waals surface area contributed by atoms with Gasteiger partial charge < -0.3 is 20.0 Å². The lowest BCUT2D eigenvalue weighted by Crippen LogP contribution is -2.25. The second-order valence-corrected chi connectivity index (χ2v) is 3.60. The number of hydrogen-bond donors (Lipinski definition) is 2. The van der Waals surface area contributed by atoms with E-state index in [9.17, 15) is 0 Å². The number of furan rings is 1. The first-order valence-electron chi connectivity index (χ1n) is 5.32. The third kappa shape index (κ3) is 3.32. The normalized spacial score (nSPS) is 14.5. The molecule has 2 N–H and O–H groups in total. The quantitative estimate of drug-likeness (QED) is 0.685. The molecule has 1 aliphatic heterocycles. The van der Waals surface area contributed by atoms with Crippen LogP contribution in [0.4, 0.5) is 0 Å². The molecule has 1 aromatic heterocycles. The molecular formula is C11H17N3O. The standard InChI is InChI=1S/C11H17N3O/c1-3-11(15-8-1)9-12-4-2-6-14-7-5-13-10-14/h1,3,5,7-8,12-13H,2,4,6,9-10H2. The summed E-state index contributed by atoms with van der Waals surface area (Å²) < 4.78 is 5.22. The maximum atomic E-state index is 5.22. The van der Waals surface area contributed by atoms with E-state index in [1.807, 2.05) is 18.3 Å². The van der Waals surface area contributed by atoms with Gasteiger partial charge in [-0.15, -0.1) is 0 Å². The Morgan fingerprint density at radius 1 is 1.53 bits per heavy atom.